The van der Waals surface area contributed by atoms with Crippen molar-refractivity contribution < 1.29 is 9.16 Å². The minimum absolute atomic E-state index is 0.627. The summed E-state index contributed by atoms with van der Waals surface area (Å²) in [5, 5.41) is 0. The van der Waals surface area contributed by atoms with Crippen molar-refractivity contribution in [3.05, 3.63) is 12.7 Å². The fourth-order valence-corrected chi connectivity index (χ4v) is 4.17. The molecule has 0 spiro atoms. The van der Waals surface area contributed by atoms with E-state index < -0.39 is 8.32 Å². The zero-order valence-electron chi connectivity index (χ0n) is 9.84. The molecule has 0 aliphatic rings. The Morgan fingerprint density at radius 1 is 1.07 bits per heavy atom. The van der Waals surface area contributed by atoms with Crippen LogP contribution in [0.2, 0.25) is 18.1 Å². The fraction of sp³-hybridized carbons (Fsp3) is 0.818. The average Bonchev–Trinajstić information content (AvgIpc) is 2.24. The van der Waals surface area contributed by atoms with E-state index in [-0.39, 0.29) is 0 Å². The van der Waals surface area contributed by atoms with E-state index in [1.54, 1.807) is 6.08 Å². The Kier molecular flexibility index (Phi) is 8.13. The largest absolute Gasteiger partial charge is 0.414 e. The highest BCUT2D eigenvalue weighted by Gasteiger charge is 2.28. The van der Waals surface area contributed by atoms with Crippen LogP contribution in [0.25, 0.3) is 0 Å². The molecular weight excluding hydrogens is 192 g/mol. The molecule has 0 aliphatic carbocycles. The first-order valence-electron chi connectivity index (χ1n) is 5.57. The molecule has 0 amide bonds. The number of rotatable bonds is 9. The van der Waals surface area contributed by atoms with Gasteiger partial charge in [-0.3, -0.25) is 0 Å². The topological polar surface area (TPSA) is 18.5 Å². The third-order valence-corrected chi connectivity index (χ3v) is 7.49. The summed E-state index contributed by atoms with van der Waals surface area (Å²) in [5.41, 5.74) is 0. The molecule has 0 N–H and O–H groups in total. The molecule has 0 aromatic rings. The Morgan fingerprint density at radius 3 is 2.07 bits per heavy atom. The van der Waals surface area contributed by atoms with Crippen LogP contribution in [-0.2, 0) is 9.16 Å². The van der Waals surface area contributed by atoms with Gasteiger partial charge in [-0.2, -0.15) is 0 Å². The second-order valence-corrected chi connectivity index (χ2v) is 8.23. The van der Waals surface area contributed by atoms with Gasteiger partial charge in [0.05, 0.1) is 19.8 Å². The molecule has 0 saturated carbocycles. The predicted molar refractivity (Wildman–Crippen MR) is 64.2 cm³/mol. The zero-order valence-corrected chi connectivity index (χ0v) is 10.8. The Hall–Kier alpha value is -0.123. The number of hydrogen-bond acceptors (Lipinski definition) is 2. The predicted octanol–water partition coefficient (Wildman–Crippen LogP) is 3.21. The summed E-state index contributed by atoms with van der Waals surface area (Å²) in [6, 6.07) is 3.63. The van der Waals surface area contributed by atoms with Gasteiger partial charge in [-0.15, -0.1) is 6.58 Å². The van der Waals surface area contributed by atoms with Crippen LogP contribution in [0.4, 0.5) is 0 Å². The van der Waals surface area contributed by atoms with Gasteiger partial charge in [0.2, 0.25) is 0 Å². The molecule has 0 bridgehead atoms. The van der Waals surface area contributed by atoms with Crippen molar-refractivity contribution in [1.29, 1.82) is 0 Å². The second-order valence-electron chi connectivity index (χ2n) is 3.46. The fourth-order valence-electron chi connectivity index (χ4n) is 1.54. The van der Waals surface area contributed by atoms with Gasteiger partial charge in [0.15, 0.2) is 8.32 Å². The SMILES string of the molecule is C=CCOCCO[Si](CC)(CC)CC. The molecular formula is C11H24O2Si. The first-order valence-corrected chi connectivity index (χ1v) is 8.10. The van der Waals surface area contributed by atoms with Crippen LogP contribution in [-0.4, -0.2) is 28.1 Å². The lowest BCUT2D eigenvalue weighted by Gasteiger charge is -2.27. The maximum Gasteiger partial charge on any atom is 0.192 e. The summed E-state index contributed by atoms with van der Waals surface area (Å²) in [4.78, 5) is 0. The van der Waals surface area contributed by atoms with Crippen molar-refractivity contribution in [3.63, 3.8) is 0 Å². The molecule has 3 heteroatoms. The van der Waals surface area contributed by atoms with Gasteiger partial charge >= 0.3 is 0 Å². The third-order valence-electron chi connectivity index (χ3n) is 2.80. The van der Waals surface area contributed by atoms with Crippen molar-refractivity contribution in [3.8, 4) is 0 Å². The van der Waals surface area contributed by atoms with Crippen LogP contribution in [0.3, 0.4) is 0 Å². The monoisotopic (exact) mass is 216 g/mol. The summed E-state index contributed by atoms with van der Waals surface area (Å²) in [7, 11) is -1.38. The minimum Gasteiger partial charge on any atom is -0.414 e. The quantitative estimate of drug-likeness (QED) is 0.335. The Labute approximate surface area is 89.4 Å². The van der Waals surface area contributed by atoms with Crippen LogP contribution >= 0.6 is 0 Å². The van der Waals surface area contributed by atoms with E-state index in [1.165, 1.54) is 18.1 Å². The molecule has 14 heavy (non-hydrogen) atoms. The van der Waals surface area contributed by atoms with E-state index in [9.17, 15) is 0 Å². The van der Waals surface area contributed by atoms with Crippen LogP contribution in [0, 0.1) is 0 Å². The molecule has 0 radical (unpaired) electrons. The van der Waals surface area contributed by atoms with E-state index in [0.29, 0.717) is 13.2 Å². The van der Waals surface area contributed by atoms with Gasteiger partial charge in [0.25, 0.3) is 0 Å². The highest BCUT2D eigenvalue weighted by molar-refractivity contribution is 6.73. The van der Waals surface area contributed by atoms with Gasteiger partial charge in [0.1, 0.15) is 0 Å². The van der Waals surface area contributed by atoms with Crippen LogP contribution in [0.1, 0.15) is 20.8 Å². The molecule has 0 saturated heterocycles. The molecule has 0 aromatic carbocycles. The summed E-state index contributed by atoms with van der Waals surface area (Å²) >= 11 is 0. The minimum atomic E-state index is -1.38. The lowest BCUT2D eigenvalue weighted by atomic mass is 10.7. The average molecular weight is 216 g/mol. The van der Waals surface area contributed by atoms with Gasteiger partial charge < -0.3 is 9.16 Å². The van der Waals surface area contributed by atoms with Crippen molar-refractivity contribution >= 4 is 8.32 Å². The van der Waals surface area contributed by atoms with Crippen LogP contribution in [0.15, 0.2) is 12.7 Å². The van der Waals surface area contributed by atoms with Crippen LogP contribution in [0.5, 0.6) is 0 Å². The molecule has 0 aliphatic heterocycles. The molecule has 0 aromatic heterocycles. The first kappa shape index (κ1) is 13.9. The van der Waals surface area contributed by atoms with Gasteiger partial charge in [-0.05, 0) is 18.1 Å². The molecule has 0 fully saturated rings. The van der Waals surface area contributed by atoms with E-state index in [4.69, 9.17) is 9.16 Å². The molecule has 84 valence electrons. The summed E-state index contributed by atoms with van der Waals surface area (Å²) < 4.78 is 11.3. The van der Waals surface area contributed by atoms with Gasteiger partial charge in [-0.25, -0.2) is 0 Å². The first-order chi connectivity index (χ1) is 6.74. The standard InChI is InChI=1S/C11H24O2Si/c1-5-9-12-10-11-13-14(6-2,7-3)8-4/h5H,1,6-11H2,2-4H3. The molecule has 0 rings (SSSR count). The zero-order chi connectivity index (χ0) is 10.9. The summed E-state index contributed by atoms with van der Waals surface area (Å²) in [5.74, 6) is 0. The lowest BCUT2D eigenvalue weighted by molar-refractivity contribution is 0.116. The van der Waals surface area contributed by atoms with E-state index in [2.05, 4.69) is 27.4 Å². The number of ether oxygens (including phenoxy) is 1. The lowest BCUT2D eigenvalue weighted by Crippen LogP contribution is -2.36. The highest BCUT2D eigenvalue weighted by atomic mass is 28.4. The summed E-state index contributed by atoms with van der Waals surface area (Å²) in [6.07, 6.45) is 1.77. The van der Waals surface area contributed by atoms with E-state index >= 15 is 0 Å². The Morgan fingerprint density at radius 2 is 1.64 bits per heavy atom. The number of hydrogen-bond donors (Lipinski definition) is 0. The van der Waals surface area contributed by atoms with Crippen LogP contribution < -0.4 is 0 Å². The van der Waals surface area contributed by atoms with E-state index in [1.807, 2.05) is 0 Å². The van der Waals surface area contributed by atoms with E-state index in [0.717, 1.165) is 6.61 Å². The van der Waals surface area contributed by atoms with Gasteiger partial charge in [0, 0.05) is 0 Å². The Balaban J connectivity index is 3.65. The molecule has 2 nitrogen and oxygen atoms in total. The molecule has 0 atom stereocenters. The van der Waals surface area contributed by atoms with Crippen molar-refractivity contribution in [1.82, 2.24) is 0 Å². The van der Waals surface area contributed by atoms with Crippen molar-refractivity contribution in [2.45, 2.75) is 38.9 Å². The second kappa shape index (κ2) is 8.21. The maximum absolute atomic E-state index is 6.00. The summed E-state index contributed by atoms with van der Waals surface area (Å²) in [6.45, 7) is 12.4. The normalized spacial score (nSPS) is 11.6. The molecule has 0 unspecified atom stereocenters. The maximum atomic E-state index is 6.00. The third kappa shape index (κ3) is 4.93. The van der Waals surface area contributed by atoms with Gasteiger partial charge in [-0.1, -0.05) is 26.8 Å². The van der Waals surface area contributed by atoms with Crippen molar-refractivity contribution in [2.75, 3.05) is 19.8 Å². The molecule has 0 heterocycles. The highest BCUT2D eigenvalue weighted by Crippen LogP contribution is 2.21. The smallest absolute Gasteiger partial charge is 0.192 e. The van der Waals surface area contributed by atoms with Crippen molar-refractivity contribution in [2.24, 2.45) is 0 Å². The Bertz CT molecular complexity index is 136.